The van der Waals surface area contributed by atoms with Gasteiger partial charge in [-0.25, -0.2) is 0 Å². The van der Waals surface area contributed by atoms with Gasteiger partial charge in [-0.15, -0.1) is 0 Å². The number of alkyl halides is 3. The summed E-state index contributed by atoms with van der Waals surface area (Å²) < 4.78 is 38.8. The minimum atomic E-state index is -4.47. The number of rotatable bonds is 12. The Morgan fingerprint density at radius 3 is 2.43 bits per heavy atom. The van der Waals surface area contributed by atoms with Crippen LogP contribution in [-0.2, 0) is 22.2 Å². The van der Waals surface area contributed by atoms with E-state index in [1.165, 1.54) is 18.3 Å². The van der Waals surface area contributed by atoms with Crippen LogP contribution in [0.1, 0.15) is 24.0 Å². The number of nitrogens with one attached hydrogen (secondary N) is 3. The van der Waals surface area contributed by atoms with Gasteiger partial charge in [0.05, 0.1) is 29.0 Å². The van der Waals surface area contributed by atoms with Gasteiger partial charge in [0.1, 0.15) is 6.04 Å². The number of pyridine rings is 1. The summed E-state index contributed by atoms with van der Waals surface area (Å²) in [7, 11) is 0. The lowest BCUT2D eigenvalue weighted by Crippen LogP contribution is -2.51. The van der Waals surface area contributed by atoms with Crippen molar-refractivity contribution in [2.45, 2.75) is 37.5 Å². The zero-order chi connectivity index (χ0) is 26.8. The SMILES string of the molecule is NCCNCCC[C@H](N)C(=O)N[C@@H](Cc1ccc(C(F)(F)F)cc1)C(=O)Nc1cnc2ccccc2c1. The van der Waals surface area contributed by atoms with Crippen molar-refractivity contribution in [1.82, 2.24) is 15.6 Å². The van der Waals surface area contributed by atoms with E-state index < -0.39 is 35.6 Å². The van der Waals surface area contributed by atoms with Gasteiger partial charge in [-0.05, 0) is 49.2 Å². The molecule has 0 saturated heterocycles. The fourth-order valence-corrected chi connectivity index (χ4v) is 3.73. The molecule has 1 aromatic heterocycles. The predicted octanol–water partition coefficient (Wildman–Crippen LogP) is 2.58. The fourth-order valence-electron chi connectivity index (χ4n) is 3.73. The molecule has 2 atom stereocenters. The lowest BCUT2D eigenvalue weighted by atomic mass is 10.0. The van der Waals surface area contributed by atoms with Gasteiger partial charge in [0.15, 0.2) is 0 Å². The van der Waals surface area contributed by atoms with E-state index in [0.717, 1.165) is 23.0 Å². The highest BCUT2D eigenvalue weighted by atomic mass is 19.4. The summed E-state index contributed by atoms with van der Waals surface area (Å²) in [6.45, 7) is 1.79. The molecule has 0 bridgehead atoms. The molecule has 0 aliphatic rings. The lowest BCUT2D eigenvalue weighted by Gasteiger charge is -2.21. The molecule has 0 unspecified atom stereocenters. The summed E-state index contributed by atoms with van der Waals surface area (Å²) in [5.41, 5.74) is 12.3. The van der Waals surface area contributed by atoms with E-state index in [2.05, 4.69) is 20.9 Å². The number of aromatic nitrogens is 1. The van der Waals surface area contributed by atoms with Crippen molar-refractivity contribution < 1.29 is 22.8 Å². The summed E-state index contributed by atoms with van der Waals surface area (Å²) in [5, 5.41) is 9.33. The van der Waals surface area contributed by atoms with E-state index >= 15 is 0 Å². The first-order valence-corrected chi connectivity index (χ1v) is 12.0. The normalized spacial score (nSPS) is 13.2. The van der Waals surface area contributed by atoms with Crippen LogP contribution >= 0.6 is 0 Å². The summed E-state index contributed by atoms with van der Waals surface area (Å²) in [4.78, 5) is 30.2. The molecule has 0 radical (unpaired) electrons. The smallest absolute Gasteiger partial charge is 0.343 e. The predicted molar refractivity (Wildman–Crippen MR) is 137 cm³/mol. The van der Waals surface area contributed by atoms with Gasteiger partial charge < -0.3 is 27.4 Å². The van der Waals surface area contributed by atoms with Crippen LogP contribution in [0.25, 0.3) is 10.9 Å². The van der Waals surface area contributed by atoms with E-state index in [1.54, 1.807) is 6.07 Å². The largest absolute Gasteiger partial charge is 0.416 e. The number of amides is 2. The van der Waals surface area contributed by atoms with E-state index in [4.69, 9.17) is 11.5 Å². The van der Waals surface area contributed by atoms with Gasteiger partial charge >= 0.3 is 6.18 Å². The Kier molecular flexibility index (Phi) is 9.95. The second-order valence-electron chi connectivity index (χ2n) is 8.65. The van der Waals surface area contributed by atoms with Gasteiger partial charge in [0, 0.05) is 24.9 Å². The zero-order valence-electron chi connectivity index (χ0n) is 20.2. The Balaban J connectivity index is 1.72. The van der Waals surface area contributed by atoms with Crippen LogP contribution in [0.4, 0.5) is 18.9 Å². The molecule has 37 heavy (non-hydrogen) atoms. The van der Waals surface area contributed by atoms with E-state index in [-0.39, 0.29) is 6.42 Å². The molecule has 2 amide bonds. The number of nitrogens with zero attached hydrogens (tertiary/aromatic N) is 1. The molecule has 2 aromatic carbocycles. The molecule has 0 saturated carbocycles. The van der Waals surface area contributed by atoms with Crippen LogP contribution in [0.5, 0.6) is 0 Å². The maximum atomic E-state index is 13.2. The van der Waals surface area contributed by atoms with Crippen LogP contribution in [0, 0.1) is 0 Å². The average Bonchev–Trinajstić information content (AvgIpc) is 2.87. The van der Waals surface area contributed by atoms with Crippen LogP contribution in [0.3, 0.4) is 0 Å². The molecule has 7 N–H and O–H groups in total. The van der Waals surface area contributed by atoms with Crippen LogP contribution in [0.2, 0.25) is 0 Å². The molecule has 3 aromatic rings. The summed E-state index contributed by atoms with van der Waals surface area (Å²) >= 11 is 0. The third kappa shape index (κ3) is 8.52. The number of fused-ring (bicyclic) bond motifs is 1. The fraction of sp³-hybridized carbons (Fsp3) is 0.346. The van der Waals surface area contributed by atoms with Crippen molar-refractivity contribution in [3.05, 3.63) is 71.9 Å². The number of anilines is 1. The number of para-hydroxylation sites is 1. The van der Waals surface area contributed by atoms with Gasteiger partial charge in [-0.3, -0.25) is 14.6 Å². The number of carbonyl (C=O) groups is 2. The summed E-state index contributed by atoms with van der Waals surface area (Å²) in [6, 6.07) is 11.7. The monoisotopic (exact) mass is 516 g/mol. The second kappa shape index (κ2) is 13.1. The first-order valence-electron chi connectivity index (χ1n) is 12.0. The first kappa shape index (κ1) is 28.0. The van der Waals surface area contributed by atoms with Crippen LogP contribution in [-0.4, -0.2) is 48.5 Å². The highest BCUT2D eigenvalue weighted by Gasteiger charge is 2.30. The second-order valence-corrected chi connectivity index (χ2v) is 8.65. The molecule has 8 nitrogen and oxygen atoms in total. The molecule has 0 aliphatic heterocycles. The Hall–Kier alpha value is -3.54. The molecular formula is C26H31F3N6O2. The van der Waals surface area contributed by atoms with Crippen molar-refractivity contribution in [3.63, 3.8) is 0 Å². The van der Waals surface area contributed by atoms with Crippen LogP contribution < -0.4 is 27.4 Å². The van der Waals surface area contributed by atoms with E-state index in [1.807, 2.05) is 24.3 Å². The number of hydrogen-bond donors (Lipinski definition) is 5. The van der Waals surface area contributed by atoms with Gasteiger partial charge in [-0.2, -0.15) is 13.2 Å². The summed E-state index contributed by atoms with van der Waals surface area (Å²) in [6.07, 6.45) is -1.99. The van der Waals surface area contributed by atoms with Gasteiger partial charge in [-0.1, -0.05) is 30.3 Å². The van der Waals surface area contributed by atoms with Crippen molar-refractivity contribution in [2.75, 3.05) is 25.0 Å². The topological polar surface area (TPSA) is 135 Å². The minimum Gasteiger partial charge on any atom is -0.343 e. The molecular weight excluding hydrogens is 485 g/mol. The molecule has 0 fully saturated rings. The summed E-state index contributed by atoms with van der Waals surface area (Å²) in [5.74, 6) is -1.07. The number of hydrogen-bond acceptors (Lipinski definition) is 6. The molecule has 0 spiro atoms. The highest BCUT2D eigenvalue weighted by molar-refractivity contribution is 5.99. The molecule has 0 aliphatic carbocycles. The Morgan fingerprint density at radius 1 is 1.00 bits per heavy atom. The quantitative estimate of drug-likeness (QED) is 0.235. The Labute approximate surface area is 213 Å². The van der Waals surface area contributed by atoms with Crippen molar-refractivity contribution in [2.24, 2.45) is 11.5 Å². The molecule has 1 heterocycles. The number of benzene rings is 2. The van der Waals surface area contributed by atoms with Crippen molar-refractivity contribution in [3.8, 4) is 0 Å². The van der Waals surface area contributed by atoms with Gasteiger partial charge in [0.25, 0.3) is 0 Å². The molecule has 3 rings (SSSR count). The van der Waals surface area contributed by atoms with Crippen molar-refractivity contribution in [1.29, 1.82) is 0 Å². The maximum Gasteiger partial charge on any atom is 0.416 e. The van der Waals surface area contributed by atoms with E-state index in [0.29, 0.717) is 43.7 Å². The van der Waals surface area contributed by atoms with Gasteiger partial charge in [0.2, 0.25) is 11.8 Å². The Bertz CT molecular complexity index is 1190. The minimum absolute atomic E-state index is 0.0263. The maximum absolute atomic E-state index is 13.2. The number of nitrogens with two attached hydrogens (primary N) is 2. The van der Waals surface area contributed by atoms with E-state index in [9.17, 15) is 22.8 Å². The first-order chi connectivity index (χ1) is 17.7. The standard InChI is InChI=1S/C26H31F3N6O2/c27-26(28,29)19-9-7-17(8-10-19)14-23(35-24(36)21(31)5-3-12-32-13-11-30)25(37)34-20-15-18-4-1-2-6-22(18)33-16-20/h1-2,4,6-10,15-16,21,23,32H,3,5,11-14,30-31H2,(H,34,37)(H,35,36)/t21-,23-/m0/s1. The zero-order valence-corrected chi connectivity index (χ0v) is 20.2. The number of halogens is 3. The third-order valence-corrected chi connectivity index (χ3v) is 5.74. The lowest BCUT2D eigenvalue weighted by molar-refractivity contribution is -0.137. The number of carbonyl (C=O) groups excluding carboxylic acids is 2. The highest BCUT2D eigenvalue weighted by Crippen LogP contribution is 2.29. The Morgan fingerprint density at radius 2 is 1.73 bits per heavy atom. The van der Waals surface area contributed by atoms with Crippen LogP contribution in [0.15, 0.2) is 60.8 Å². The van der Waals surface area contributed by atoms with Crippen molar-refractivity contribution >= 4 is 28.4 Å². The third-order valence-electron chi connectivity index (χ3n) is 5.74. The molecule has 198 valence electrons. The molecule has 11 heteroatoms. The average molecular weight is 517 g/mol.